The largest absolute Gasteiger partial charge is 0.496 e. The van der Waals surface area contributed by atoms with E-state index in [1.165, 1.54) is 13.2 Å². The number of ether oxygens (including phenoxy) is 1. The summed E-state index contributed by atoms with van der Waals surface area (Å²) in [6.45, 7) is 1.91. The molecule has 1 heterocycles. The minimum atomic E-state index is -0.640. The van der Waals surface area contributed by atoms with E-state index in [0.29, 0.717) is 17.1 Å². The maximum Gasteiger partial charge on any atom is 0.288 e. The Balaban J connectivity index is 2.30. The lowest BCUT2D eigenvalue weighted by molar-refractivity contribution is -0.384. The molecule has 0 saturated heterocycles. The number of nitro benzene ring substituents is 1. The highest BCUT2D eigenvalue weighted by atomic mass is 35.5. The fourth-order valence-corrected chi connectivity index (χ4v) is 2.65. The Morgan fingerprint density at radius 2 is 2.04 bits per heavy atom. The molecule has 2 aromatic carbocycles. The van der Waals surface area contributed by atoms with Crippen molar-refractivity contribution in [3.8, 4) is 17.1 Å². The molecule has 7 nitrogen and oxygen atoms in total. The number of aryl methyl sites for hydroxylation is 1. The topological polar surface area (TPSA) is 98.1 Å². The van der Waals surface area contributed by atoms with Gasteiger partial charge in [-0.1, -0.05) is 23.2 Å². The van der Waals surface area contributed by atoms with Crippen LogP contribution in [0, 0.1) is 17.0 Å². The zero-order chi connectivity index (χ0) is 17.4. The molecule has 1 N–H and O–H groups in total. The summed E-state index contributed by atoms with van der Waals surface area (Å²) in [5.41, 5.74) is 1.03. The minimum absolute atomic E-state index is 0.0762. The SMILES string of the molecule is COc1ccc(C)cc1-c1nc2cc(Cl)c([N+](=O)[O-])cc2c(=O)[nH]1. The van der Waals surface area contributed by atoms with Crippen LogP contribution in [-0.4, -0.2) is 22.0 Å². The molecule has 0 atom stereocenters. The van der Waals surface area contributed by atoms with Crippen LogP contribution in [0.2, 0.25) is 5.02 Å². The van der Waals surface area contributed by atoms with Crippen molar-refractivity contribution in [3.63, 3.8) is 0 Å². The van der Waals surface area contributed by atoms with Gasteiger partial charge in [0.25, 0.3) is 11.2 Å². The van der Waals surface area contributed by atoms with Gasteiger partial charge in [0.15, 0.2) is 0 Å². The van der Waals surface area contributed by atoms with Crippen molar-refractivity contribution >= 4 is 28.2 Å². The van der Waals surface area contributed by atoms with Crippen LogP contribution in [0.25, 0.3) is 22.3 Å². The van der Waals surface area contributed by atoms with Crippen molar-refractivity contribution in [2.24, 2.45) is 0 Å². The molecule has 1 aromatic heterocycles. The number of hydrogen-bond donors (Lipinski definition) is 1. The molecule has 0 spiro atoms. The van der Waals surface area contributed by atoms with Gasteiger partial charge >= 0.3 is 0 Å². The first kappa shape index (κ1) is 15.9. The number of H-pyrrole nitrogens is 1. The molecule has 0 aliphatic rings. The van der Waals surface area contributed by atoms with E-state index in [-0.39, 0.29) is 21.6 Å². The Hall–Kier alpha value is -2.93. The second-order valence-electron chi connectivity index (χ2n) is 5.20. The molecule has 8 heteroatoms. The maximum absolute atomic E-state index is 12.3. The number of hydrogen-bond acceptors (Lipinski definition) is 5. The van der Waals surface area contributed by atoms with Crippen LogP contribution >= 0.6 is 11.6 Å². The van der Waals surface area contributed by atoms with Gasteiger partial charge in [-0.2, -0.15) is 0 Å². The van der Waals surface area contributed by atoms with E-state index in [2.05, 4.69) is 9.97 Å². The molecule has 0 saturated carbocycles. The Kier molecular flexibility index (Phi) is 3.94. The van der Waals surface area contributed by atoms with Crippen LogP contribution in [0.1, 0.15) is 5.56 Å². The van der Waals surface area contributed by atoms with Gasteiger partial charge < -0.3 is 9.72 Å². The summed E-state index contributed by atoms with van der Waals surface area (Å²) in [5.74, 6) is 0.856. The molecule has 0 amide bonds. The fourth-order valence-electron chi connectivity index (χ4n) is 2.42. The lowest BCUT2D eigenvalue weighted by atomic mass is 10.1. The zero-order valence-electron chi connectivity index (χ0n) is 12.8. The van der Waals surface area contributed by atoms with Crippen molar-refractivity contribution in [2.45, 2.75) is 6.92 Å². The molecular formula is C16H12ClN3O4. The molecule has 0 unspecified atom stereocenters. The third-order valence-electron chi connectivity index (χ3n) is 3.58. The Labute approximate surface area is 141 Å². The average molecular weight is 346 g/mol. The Bertz CT molecular complexity index is 1030. The summed E-state index contributed by atoms with van der Waals surface area (Å²) in [4.78, 5) is 29.7. The van der Waals surface area contributed by atoms with Crippen molar-refractivity contribution in [3.05, 3.63) is 61.4 Å². The van der Waals surface area contributed by atoms with Crippen molar-refractivity contribution < 1.29 is 9.66 Å². The lowest BCUT2D eigenvalue weighted by Crippen LogP contribution is -2.10. The number of aromatic nitrogens is 2. The number of aromatic amines is 1. The first-order chi connectivity index (χ1) is 11.4. The lowest BCUT2D eigenvalue weighted by Gasteiger charge is -2.09. The van der Waals surface area contributed by atoms with Gasteiger partial charge in [0.1, 0.15) is 16.6 Å². The molecule has 24 heavy (non-hydrogen) atoms. The molecule has 0 aliphatic heterocycles. The molecule has 3 aromatic rings. The first-order valence-electron chi connectivity index (χ1n) is 6.93. The Morgan fingerprint density at radius 3 is 2.71 bits per heavy atom. The summed E-state index contributed by atoms with van der Waals surface area (Å²) < 4.78 is 5.30. The van der Waals surface area contributed by atoms with Gasteiger partial charge in [-0.05, 0) is 25.1 Å². The average Bonchev–Trinajstić information content (AvgIpc) is 2.53. The maximum atomic E-state index is 12.3. The first-order valence-corrected chi connectivity index (χ1v) is 7.31. The molecule has 0 bridgehead atoms. The summed E-state index contributed by atoms with van der Waals surface area (Å²) in [6.07, 6.45) is 0. The van der Waals surface area contributed by atoms with Gasteiger partial charge in [0, 0.05) is 6.07 Å². The van der Waals surface area contributed by atoms with Gasteiger partial charge in [-0.25, -0.2) is 4.98 Å². The molecule has 0 radical (unpaired) electrons. The van der Waals surface area contributed by atoms with Gasteiger partial charge in [-0.15, -0.1) is 0 Å². The Morgan fingerprint density at radius 1 is 1.29 bits per heavy atom. The molecule has 122 valence electrons. The summed E-state index contributed by atoms with van der Waals surface area (Å²) in [6, 6.07) is 7.92. The molecule has 0 aliphatic carbocycles. The predicted molar refractivity (Wildman–Crippen MR) is 90.8 cm³/mol. The molecular weight excluding hydrogens is 334 g/mol. The zero-order valence-corrected chi connectivity index (χ0v) is 13.5. The molecule has 3 rings (SSSR count). The van der Waals surface area contributed by atoms with Crippen LogP contribution in [0.3, 0.4) is 0 Å². The summed E-state index contributed by atoms with van der Waals surface area (Å²) in [5, 5.41) is 11.0. The number of nitro groups is 1. The fraction of sp³-hybridized carbons (Fsp3) is 0.125. The highest BCUT2D eigenvalue weighted by Crippen LogP contribution is 2.31. The third kappa shape index (κ3) is 2.69. The normalized spacial score (nSPS) is 10.8. The number of nitrogens with one attached hydrogen (secondary N) is 1. The van der Waals surface area contributed by atoms with E-state index in [4.69, 9.17) is 16.3 Å². The van der Waals surface area contributed by atoms with Crippen LogP contribution in [0.5, 0.6) is 5.75 Å². The third-order valence-corrected chi connectivity index (χ3v) is 3.88. The monoisotopic (exact) mass is 345 g/mol. The van der Waals surface area contributed by atoms with E-state index >= 15 is 0 Å². The predicted octanol–water partition coefficient (Wildman–Crippen LogP) is 3.47. The number of fused-ring (bicyclic) bond motifs is 1. The smallest absolute Gasteiger partial charge is 0.288 e. The van der Waals surface area contributed by atoms with E-state index < -0.39 is 10.5 Å². The van der Waals surface area contributed by atoms with Gasteiger partial charge in [0.2, 0.25) is 0 Å². The van der Waals surface area contributed by atoms with Crippen LogP contribution in [0.15, 0.2) is 35.1 Å². The highest BCUT2D eigenvalue weighted by molar-refractivity contribution is 6.33. The van der Waals surface area contributed by atoms with E-state index in [1.807, 2.05) is 19.1 Å². The van der Waals surface area contributed by atoms with E-state index in [9.17, 15) is 14.9 Å². The molecule has 0 fully saturated rings. The second-order valence-corrected chi connectivity index (χ2v) is 5.60. The quantitative estimate of drug-likeness (QED) is 0.579. The van der Waals surface area contributed by atoms with Gasteiger partial charge in [-0.3, -0.25) is 14.9 Å². The second kappa shape index (κ2) is 5.93. The van der Waals surface area contributed by atoms with Crippen LogP contribution < -0.4 is 10.3 Å². The standard InChI is InChI=1S/C16H12ClN3O4/c1-8-3-4-14(24-2)10(5-8)15-18-12-7-11(17)13(20(22)23)6-9(12)16(21)19-15/h3-7H,1-2H3,(H,18,19,21). The van der Waals surface area contributed by atoms with Crippen molar-refractivity contribution in [1.29, 1.82) is 0 Å². The van der Waals surface area contributed by atoms with Crippen molar-refractivity contribution in [1.82, 2.24) is 9.97 Å². The van der Waals surface area contributed by atoms with E-state index in [0.717, 1.165) is 11.6 Å². The van der Waals surface area contributed by atoms with Crippen LogP contribution in [0.4, 0.5) is 5.69 Å². The summed E-state index contributed by atoms with van der Waals surface area (Å²) >= 11 is 5.91. The highest BCUT2D eigenvalue weighted by Gasteiger charge is 2.17. The number of rotatable bonds is 3. The minimum Gasteiger partial charge on any atom is -0.496 e. The summed E-state index contributed by atoms with van der Waals surface area (Å²) in [7, 11) is 1.52. The number of benzene rings is 2. The van der Waals surface area contributed by atoms with Crippen molar-refractivity contribution in [2.75, 3.05) is 7.11 Å². The van der Waals surface area contributed by atoms with E-state index in [1.54, 1.807) is 6.07 Å². The number of methoxy groups -OCH3 is 1. The number of nitrogens with zero attached hydrogens (tertiary/aromatic N) is 2. The van der Waals surface area contributed by atoms with Crippen LogP contribution in [-0.2, 0) is 0 Å². The van der Waals surface area contributed by atoms with Gasteiger partial charge in [0.05, 0.1) is 28.5 Å². The number of halogens is 1.